The maximum atomic E-state index is 11.2. The van der Waals surface area contributed by atoms with E-state index in [0.717, 1.165) is 0 Å². The maximum Gasteiger partial charge on any atom is 0.634 e. The molecule has 0 unspecified atom stereocenters. The van der Waals surface area contributed by atoms with Gasteiger partial charge in [0, 0.05) is 0 Å². The Morgan fingerprint density at radius 1 is 1.43 bits per heavy atom. The van der Waals surface area contributed by atoms with E-state index < -0.39 is 7.40 Å². The van der Waals surface area contributed by atoms with Crippen molar-refractivity contribution in [1.29, 1.82) is 0 Å². The molecule has 0 atom stereocenters. The van der Waals surface area contributed by atoms with Gasteiger partial charge < -0.3 is 0 Å². The Kier molecular flexibility index (Phi) is 2.91. The van der Waals surface area contributed by atoms with Gasteiger partial charge in [-0.2, -0.15) is 0 Å². The number of hydrogen-bond acceptors (Lipinski definition) is 1. The Bertz CT molecular complexity index is 42.2. The van der Waals surface area contributed by atoms with Crippen LogP contribution in [0.1, 0.15) is 13.8 Å². The summed E-state index contributed by atoms with van der Waals surface area (Å²) in [5.74, 6) is 0. The molecule has 0 bridgehead atoms. The van der Waals surface area contributed by atoms with E-state index in [-0.39, 0.29) is 6.04 Å². The van der Waals surface area contributed by atoms with Crippen LogP contribution in [0, 0.1) is 0 Å². The molecule has 0 aliphatic heterocycles. The number of nitrogens with one attached hydrogen (secondary N) is 1. The molecular formula is C3H8BF2N. The first-order chi connectivity index (χ1) is 3.13. The highest BCUT2D eigenvalue weighted by atomic mass is 19.2. The number of rotatable bonds is 2. The standard InChI is InChI=1S/C3H8BF2N/c1-3(2)7-4(5)6/h3,7H,1-2H3. The topological polar surface area (TPSA) is 12.0 Å². The molecule has 0 aromatic carbocycles. The van der Waals surface area contributed by atoms with E-state index in [1.165, 1.54) is 0 Å². The van der Waals surface area contributed by atoms with Gasteiger partial charge in [-0.3, -0.25) is 13.9 Å². The zero-order valence-electron chi connectivity index (χ0n) is 4.41. The number of hydrogen-bond donors (Lipinski definition) is 1. The minimum atomic E-state index is -2.38. The normalized spacial score (nSPS) is 9.86. The second kappa shape index (κ2) is 2.96. The highest BCUT2D eigenvalue weighted by Crippen LogP contribution is 1.82. The van der Waals surface area contributed by atoms with Gasteiger partial charge in [0.15, 0.2) is 0 Å². The van der Waals surface area contributed by atoms with Crippen molar-refractivity contribution in [2.45, 2.75) is 19.9 Å². The molecule has 0 amide bonds. The lowest BCUT2D eigenvalue weighted by Crippen LogP contribution is -2.31. The van der Waals surface area contributed by atoms with Gasteiger partial charge in [-0.15, -0.1) is 0 Å². The Balaban J connectivity index is 2.95. The molecule has 0 radical (unpaired) electrons. The third kappa shape index (κ3) is 5.88. The molecule has 0 aliphatic carbocycles. The van der Waals surface area contributed by atoms with Gasteiger partial charge in [0.2, 0.25) is 0 Å². The summed E-state index contributed by atoms with van der Waals surface area (Å²) in [5.41, 5.74) is 0. The Morgan fingerprint density at radius 3 is 1.86 bits per heavy atom. The molecule has 0 heterocycles. The van der Waals surface area contributed by atoms with Crippen molar-refractivity contribution < 1.29 is 8.63 Å². The van der Waals surface area contributed by atoms with Crippen LogP contribution in [-0.4, -0.2) is 13.4 Å². The molecule has 7 heavy (non-hydrogen) atoms. The lowest BCUT2D eigenvalue weighted by Gasteiger charge is -2.00. The molecule has 0 spiro atoms. The van der Waals surface area contributed by atoms with Crippen molar-refractivity contribution in [3.8, 4) is 0 Å². The summed E-state index contributed by atoms with van der Waals surface area (Å²) in [7, 11) is -2.38. The van der Waals surface area contributed by atoms with E-state index in [9.17, 15) is 8.63 Å². The van der Waals surface area contributed by atoms with Crippen LogP contribution < -0.4 is 5.23 Å². The van der Waals surface area contributed by atoms with E-state index in [0.29, 0.717) is 0 Å². The maximum absolute atomic E-state index is 11.2. The summed E-state index contributed by atoms with van der Waals surface area (Å²) in [4.78, 5) is 0. The summed E-state index contributed by atoms with van der Waals surface area (Å²) < 4.78 is 22.3. The summed E-state index contributed by atoms with van der Waals surface area (Å²) in [6.07, 6.45) is 0. The molecule has 1 N–H and O–H groups in total. The summed E-state index contributed by atoms with van der Waals surface area (Å²) in [6, 6.07) is -0.125. The highest BCUT2D eigenvalue weighted by Gasteiger charge is 2.11. The monoisotopic (exact) mass is 107 g/mol. The van der Waals surface area contributed by atoms with Crippen molar-refractivity contribution in [2.75, 3.05) is 0 Å². The van der Waals surface area contributed by atoms with E-state index >= 15 is 0 Å². The fourth-order valence-corrected chi connectivity index (χ4v) is 0.252. The van der Waals surface area contributed by atoms with Gasteiger partial charge in [-0.1, -0.05) is 13.8 Å². The molecule has 4 heteroatoms. The summed E-state index contributed by atoms with van der Waals surface area (Å²) in [5, 5.41) is 1.97. The molecule has 42 valence electrons. The summed E-state index contributed by atoms with van der Waals surface area (Å²) in [6.45, 7) is 3.35. The first-order valence-corrected chi connectivity index (χ1v) is 2.17. The Labute approximate surface area is 42.3 Å². The first kappa shape index (κ1) is 6.88. The Morgan fingerprint density at radius 2 is 1.86 bits per heavy atom. The van der Waals surface area contributed by atoms with Crippen LogP contribution in [0.3, 0.4) is 0 Å². The van der Waals surface area contributed by atoms with Crippen molar-refractivity contribution in [2.24, 2.45) is 0 Å². The highest BCUT2D eigenvalue weighted by molar-refractivity contribution is 6.39. The fraction of sp³-hybridized carbons (Fsp3) is 1.00. The lowest BCUT2D eigenvalue weighted by molar-refractivity contribution is 0.577. The number of halogens is 2. The van der Waals surface area contributed by atoms with Crippen molar-refractivity contribution in [3.63, 3.8) is 0 Å². The predicted molar refractivity (Wildman–Crippen MR) is 26.2 cm³/mol. The fourth-order valence-electron chi connectivity index (χ4n) is 0.252. The first-order valence-electron chi connectivity index (χ1n) is 2.17. The van der Waals surface area contributed by atoms with Crippen LogP contribution in [0.5, 0.6) is 0 Å². The van der Waals surface area contributed by atoms with Gasteiger partial charge in [-0.25, -0.2) is 0 Å². The molecule has 0 aliphatic rings. The smallest absolute Gasteiger partial charge is 0.294 e. The molecular weight excluding hydrogens is 98.8 g/mol. The molecule has 0 aromatic rings. The molecule has 0 saturated heterocycles. The molecule has 1 nitrogen and oxygen atoms in total. The average Bonchev–Trinajstić information content (AvgIpc) is 1.27. The van der Waals surface area contributed by atoms with Gasteiger partial charge >= 0.3 is 7.40 Å². The van der Waals surface area contributed by atoms with Gasteiger partial charge in [-0.05, 0) is 6.04 Å². The van der Waals surface area contributed by atoms with Crippen LogP contribution >= 0.6 is 0 Å². The minimum absolute atomic E-state index is 0.125. The molecule has 0 fully saturated rings. The SMILES string of the molecule is CC(C)NB(F)F. The second-order valence-electron chi connectivity index (χ2n) is 1.62. The van der Waals surface area contributed by atoms with Crippen LogP contribution in [-0.2, 0) is 0 Å². The van der Waals surface area contributed by atoms with Gasteiger partial charge in [0.1, 0.15) is 0 Å². The zero-order chi connectivity index (χ0) is 5.86. The van der Waals surface area contributed by atoms with Gasteiger partial charge in [0.25, 0.3) is 0 Å². The van der Waals surface area contributed by atoms with E-state index in [1.54, 1.807) is 13.8 Å². The van der Waals surface area contributed by atoms with Crippen LogP contribution in [0.25, 0.3) is 0 Å². The average molecular weight is 107 g/mol. The van der Waals surface area contributed by atoms with Crippen molar-refractivity contribution in [1.82, 2.24) is 5.23 Å². The third-order valence-corrected chi connectivity index (χ3v) is 0.459. The van der Waals surface area contributed by atoms with Gasteiger partial charge in [0.05, 0.1) is 0 Å². The lowest BCUT2D eigenvalue weighted by atomic mass is 10.2. The largest absolute Gasteiger partial charge is 0.634 e. The quantitative estimate of drug-likeness (QED) is 0.517. The van der Waals surface area contributed by atoms with Crippen LogP contribution in [0.2, 0.25) is 0 Å². The Hall–Kier alpha value is -0.115. The molecule has 0 aromatic heterocycles. The third-order valence-electron chi connectivity index (χ3n) is 0.459. The van der Waals surface area contributed by atoms with Crippen molar-refractivity contribution in [3.05, 3.63) is 0 Å². The van der Waals surface area contributed by atoms with E-state index in [1.807, 2.05) is 5.23 Å². The predicted octanol–water partition coefficient (Wildman–Crippen LogP) is 0.908. The zero-order valence-corrected chi connectivity index (χ0v) is 4.41. The molecule has 0 rings (SSSR count). The minimum Gasteiger partial charge on any atom is -0.294 e. The van der Waals surface area contributed by atoms with E-state index in [4.69, 9.17) is 0 Å². The van der Waals surface area contributed by atoms with E-state index in [2.05, 4.69) is 0 Å². The summed E-state index contributed by atoms with van der Waals surface area (Å²) >= 11 is 0. The van der Waals surface area contributed by atoms with Crippen molar-refractivity contribution >= 4 is 7.40 Å². The van der Waals surface area contributed by atoms with Crippen LogP contribution in [0.15, 0.2) is 0 Å². The van der Waals surface area contributed by atoms with Crippen LogP contribution in [0.4, 0.5) is 8.63 Å². The second-order valence-corrected chi connectivity index (χ2v) is 1.62. The molecule has 0 saturated carbocycles.